The SMILES string of the molecule is COc1cc(N(C)CCN(C)C)c(N)cc1Nc1cc(-c2cnn3cccnc23)ccn1. The molecule has 0 bridgehead atoms. The molecule has 32 heavy (non-hydrogen) atoms. The number of rotatable bonds is 8. The molecule has 0 amide bonds. The van der Waals surface area contributed by atoms with E-state index >= 15 is 0 Å². The second-order valence-corrected chi connectivity index (χ2v) is 7.84. The summed E-state index contributed by atoms with van der Waals surface area (Å²) in [6.07, 6.45) is 7.18. The maximum atomic E-state index is 6.38. The number of fused-ring (bicyclic) bond motifs is 1. The van der Waals surface area contributed by atoms with Gasteiger partial charge in [-0.3, -0.25) is 0 Å². The Kier molecular flexibility index (Phi) is 6.09. The van der Waals surface area contributed by atoms with Gasteiger partial charge in [0.1, 0.15) is 11.6 Å². The fraction of sp³-hybridized carbons (Fsp3) is 0.261. The largest absolute Gasteiger partial charge is 0.494 e. The van der Waals surface area contributed by atoms with Gasteiger partial charge in [-0.15, -0.1) is 0 Å². The first kappa shape index (κ1) is 21.4. The number of likely N-dealkylation sites (N-methyl/N-ethyl adjacent to an activating group) is 2. The zero-order chi connectivity index (χ0) is 22.7. The Bertz CT molecular complexity index is 1220. The molecule has 0 aliphatic carbocycles. The molecule has 0 radical (unpaired) electrons. The van der Waals surface area contributed by atoms with Crippen LogP contribution in [-0.2, 0) is 0 Å². The third-order valence-corrected chi connectivity index (χ3v) is 5.26. The fourth-order valence-corrected chi connectivity index (χ4v) is 3.49. The summed E-state index contributed by atoms with van der Waals surface area (Å²) in [5, 5.41) is 7.71. The Morgan fingerprint density at radius 1 is 1.09 bits per heavy atom. The Labute approximate surface area is 187 Å². The number of hydrogen-bond donors (Lipinski definition) is 2. The van der Waals surface area contributed by atoms with E-state index in [0.717, 1.165) is 41.2 Å². The molecule has 0 saturated heterocycles. The van der Waals surface area contributed by atoms with Crippen LogP contribution in [0.3, 0.4) is 0 Å². The quantitative estimate of drug-likeness (QED) is 0.410. The lowest BCUT2D eigenvalue weighted by atomic mass is 10.1. The number of methoxy groups -OCH3 is 1. The molecule has 9 heteroatoms. The first-order valence-electron chi connectivity index (χ1n) is 10.3. The number of nitrogen functional groups attached to an aromatic ring is 1. The van der Waals surface area contributed by atoms with E-state index < -0.39 is 0 Å². The molecule has 0 aliphatic heterocycles. The van der Waals surface area contributed by atoms with E-state index in [0.29, 0.717) is 17.3 Å². The van der Waals surface area contributed by atoms with Crippen molar-refractivity contribution >= 4 is 28.5 Å². The lowest BCUT2D eigenvalue weighted by molar-refractivity contribution is 0.413. The van der Waals surface area contributed by atoms with Gasteiger partial charge in [0.05, 0.1) is 30.4 Å². The van der Waals surface area contributed by atoms with Gasteiger partial charge in [0.15, 0.2) is 5.65 Å². The molecule has 0 unspecified atom stereocenters. The molecule has 0 saturated carbocycles. The summed E-state index contributed by atoms with van der Waals surface area (Å²) >= 11 is 0. The van der Waals surface area contributed by atoms with E-state index in [9.17, 15) is 0 Å². The third-order valence-electron chi connectivity index (χ3n) is 5.26. The zero-order valence-electron chi connectivity index (χ0n) is 18.8. The maximum Gasteiger partial charge on any atom is 0.162 e. The minimum absolute atomic E-state index is 0.664. The standard InChI is InChI=1S/C23H28N8O/c1-29(2)10-11-30(3)20-14-21(32-4)19(13-18(20)24)28-22-12-16(6-8-25-22)17-15-27-31-9-5-7-26-23(17)31/h5-9,12-15H,10-11,24H2,1-4H3,(H,25,28). The molecular weight excluding hydrogens is 404 g/mol. The molecule has 3 N–H and O–H groups in total. The average molecular weight is 433 g/mol. The molecular formula is C23H28N8O. The van der Waals surface area contributed by atoms with Crippen LogP contribution in [0.4, 0.5) is 22.9 Å². The monoisotopic (exact) mass is 432 g/mol. The predicted octanol–water partition coefficient (Wildman–Crippen LogP) is 3.12. The lowest BCUT2D eigenvalue weighted by Crippen LogP contribution is -2.29. The molecule has 3 aromatic heterocycles. The van der Waals surface area contributed by atoms with Crippen molar-refractivity contribution in [3.8, 4) is 16.9 Å². The number of pyridine rings is 1. The fourth-order valence-electron chi connectivity index (χ4n) is 3.49. The van der Waals surface area contributed by atoms with Crippen molar-refractivity contribution in [2.45, 2.75) is 0 Å². The Balaban J connectivity index is 1.61. The molecule has 0 fully saturated rings. The number of anilines is 4. The van der Waals surface area contributed by atoms with E-state index in [1.807, 2.05) is 43.6 Å². The Hall–Kier alpha value is -3.85. The van der Waals surface area contributed by atoms with Crippen LogP contribution >= 0.6 is 0 Å². The minimum Gasteiger partial charge on any atom is -0.494 e. The van der Waals surface area contributed by atoms with Crippen LogP contribution in [0.15, 0.2) is 55.1 Å². The van der Waals surface area contributed by atoms with Crippen LogP contribution in [0.25, 0.3) is 16.8 Å². The first-order chi connectivity index (χ1) is 15.5. The van der Waals surface area contributed by atoms with Crippen LogP contribution in [0.1, 0.15) is 0 Å². The number of nitrogens with two attached hydrogens (primary N) is 1. The number of hydrogen-bond acceptors (Lipinski definition) is 8. The summed E-state index contributed by atoms with van der Waals surface area (Å²) in [4.78, 5) is 13.2. The summed E-state index contributed by atoms with van der Waals surface area (Å²) in [6, 6.07) is 9.57. The Morgan fingerprint density at radius 2 is 1.94 bits per heavy atom. The summed E-state index contributed by atoms with van der Waals surface area (Å²) in [7, 11) is 7.77. The smallest absolute Gasteiger partial charge is 0.162 e. The van der Waals surface area contributed by atoms with E-state index in [1.165, 1.54) is 0 Å². The molecule has 0 spiro atoms. The van der Waals surface area contributed by atoms with Crippen LogP contribution < -0.4 is 20.7 Å². The number of aromatic nitrogens is 4. The van der Waals surface area contributed by atoms with Crippen LogP contribution in [0, 0.1) is 0 Å². The summed E-state index contributed by atoms with van der Waals surface area (Å²) in [6.45, 7) is 1.78. The maximum absolute atomic E-state index is 6.38. The normalized spacial score (nSPS) is 11.2. The highest BCUT2D eigenvalue weighted by molar-refractivity contribution is 5.82. The predicted molar refractivity (Wildman–Crippen MR) is 129 cm³/mol. The lowest BCUT2D eigenvalue weighted by Gasteiger charge is -2.24. The van der Waals surface area contributed by atoms with Crippen LogP contribution in [0.5, 0.6) is 5.75 Å². The van der Waals surface area contributed by atoms with Gasteiger partial charge in [0.2, 0.25) is 0 Å². The molecule has 4 aromatic rings. The van der Waals surface area contributed by atoms with Crippen molar-refractivity contribution < 1.29 is 4.74 Å². The summed E-state index contributed by atoms with van der Waals surface area (Å²) in [5.41, 5.74) is 11.4. The van der Waals surface area contributed by atoms with Crippen LogP contribution in [-0.4, -0.2) is 65.8 Å². The van der Waals surface area contributed by atoms with Gasteiger partial charge >= 0.3 is 0 Å². The van der Waals surface area contributed by atoms with Gasteiger partial charge in [0.25, 0.3) is 0 Å². The second-order valence-electron chi connectivity index (χ2n) is 7.84. The van der Waals surface area contributed by atoms with Crippen molar-refractivity contribution in [1.82, 2.24) is 24.5 Å². The first-order valence-corrected chi connectivity index (χ1v) is 10.3. The minimum atomic E-state index is 0.664. The molecule has 1 aromatic carbocycles. The van der Waals surface area contributed by atoms with E-state index in [2.05, 4.69) is 44.3 Å². The van der Waals surface area contributed by atoms with Crippen molar-refractivity contribution in [1.29, 1.82) is 0 Å². The molecule has 9 nitrogen and oxygen atoms in total. The van der Waals surface area contributed by atoms with Gasteiger partial charge in [0, 0.05) is 50.4 Å². The highest BCUT2D eigenvalue weighted by Crippen LogP contribution is 2.36. The highest BCUT2D eigenvalue weighted by Gasteiger charge is 2.14. The number of nitrogens with zero attached hydrogens (tertiary/aromatic N) is 6. The summed E-state index contributed by atoms with van der Waals surface area (Å²) < 4.78 is 7.39. The molecule has 166 valence electrons. The molecule has 0 atom stereocenters. The van der Waals surface area contributed by atoms with E-state index in [1.54, 1.807) is 30.2 Å². The second kappa shape index (κ2) is 9.11. The Morgan fingerprint density at radius 3 is 2.72 bits per heavy atom. The van der Waals surface area contributed by atoms with E-state index in [4.69, 9.17) is 10.5 Å². The van der Waals surface area contributed by atoms with Gasteiger partial charge in [-0.25, -0.2) is 14.5 Å². The molecule has 0 aliphatic rings. The van der Waals surface area contributed by atoms with Gasteiger partial charge in [-0.05, 0) is 43.9 Å². The molecule has 3 heterocycles. The van der Waals surface area contributed by atoms with Gasteiger partial charge < -0.3 is 25.6 Å². The number of ether oxygens (including phenoxy) is 1. The topological polar surface area (TPSA) is 96.8 Å². The van der Waals surface area contributed by atoms with Gasteiger partial charge in [-0.1, -0.05) is 0 Å². The van der Waals surface area contributed by atoms with Crippen molar-refractivity contribution in [3.05, 3.63) is 55.1 Å². The molecule has 4 rings (SSSR count). The number of benzene rings is 1. The van der Waals surface area contributed by atoms with Crippen molar-refractivity contribution in [3.63, 3.8) is 0 Å². The van der Waals surface area contributed by atoms with Crippen LogP contribution in [0.2, 0.25) is 0 Å². The number of nitrogens with one attached hydrogen (secondary N) is 1. The summed E-state index contributed by atoms with van der Waals surface area (Å²) in [5.74, 6) is 1.36. The van der Waals surface area contributed by atoms with Gasteiger partial charge in [-0.2, -0.15) is 5.10 Å². The third kappa shape index (κ3) is 4.42. The zero-order valence-corrected chi connectivity index (χ0v) is 18.8. The van der Waals surface area contributed by atoms with Crippen molar-refractivity contribution in [2.24, 2.45) is 0 Å². The highest BCUT2D eigenvalue weighted by atomic mass is 16.5. The van der Waals surface area contributed by atoms with Crippen molar-refractivity contribution in [2.75, 3.05) is 57.3 Å². The average Bonchev–Trinajstić information content (AvgIpc) is 3.22. The van der Waals surface area contributed by atoms with E-state index in [-0.39, 0.29) is 0 Å².